The highest BCUT2D eigenvalue weighted by atomic mass is 16.2. The van der Waals surface area contributed by atoms with Crippen LogP contribution in [0.4, 0.5) is 0 Å². The van der Waals surface area contributed by atoms with E-state index in [9.17, 15) is 9.59 Å². The zero-order chi connectivity index (χ0) is 17.6. The Morgan fingerprint density at radius 3 is 2.40 bits per heavy atom. The van der Waals surface area contributed by atoms with Gasteiger partial charge in [0.05, 0.1) is 11.0 Å². The first-order valence-electron chi connectivity index (χ1n) is 8.61. The van der Waals surface area contributed by atoms with E-state index >= 15 is 0 Å². The van der Waals surface area contributed by atoms with Crippen LogP contribution in [0.15, 0.2) is 59.4 Å². The van der Waals surface area contributed by atoms with Gasteiger partial charge in [-0.05, 0) is 37.0 Å². The van der Waals surface area contributed by atoms with Crippen LogP contribution in [0.25, 0.3) is 11.0 Å². The Morgan fingerprint density at radius 2 is 1.64 bits per heavy atom. The number of imidazole rings is 1. The molecule has 0 aliphatic heterocycles. The van der Waals surface area contributed by atoms with Gasteiger partial charge < -0.3 is 5.32 Å². The second-order valence-corrected chi connectivity index (χ2v) is 6.21. The van der Waals surface area contributed by atoms with Gasteiger partial charge in [-0.1, -0.05) is 42.5 Å². The Bertz CT molecular complexity index is 910. The predicted molar refractivity (Wildman–Crippen MR) is 99.6 cm³/mol. The molecule has 130 valence electrons. The second-order valence-electron chi connectivity index (χ2n) is 6.21. The molecule has 0 radical (unpaired) electrons. The normalized spacial score (nSPS) is 10.9. The number of hydrogen-bond acceptors (Lipinski definition) is 2. The average molecular weight is 337 g/mol. The van der Waals surface area contributed by atoms with E-state index in [4.69, 9.17) is 0 Å². The van der Waals surface area contributed by atoms with Crippen LogP contribution < -0.4 is 11.0 Å². The molecule has 5 nitrogen and oxygen atoms in total. The van der Waals surface area contributed by atoms with Gasteiger partial charge in [-0.15, -0.1) is 0 Å². The first-order chi connectivity index (χ1) is 12.2. The van der Waals surface area contributed by atoms with Crippen molar-refractivity contribution in [2.24, 2.45) is 7.05 Å². The standard InChI is InChI=1S/C20H23N3O2/c1-22-17-12-5-6-13-18(17)23(20(22)25)15-19(24)21-14-8-7-11-16-9-3-2-4-10-16/h2-6,9-10,12-13H,7-8,11,14-15H2,1H3,(H,21,24). The molecular weight excluding hydrogens is 314 g/mol. The van der Waals surface area contributed by atoms with E-state index in [1.165, 1.54) is 10.1 Å². The summed E-state index contributed by atoms with van der Waals surface area (Å²) in [6.45, 7) is 0.685. The number of fused-ring (bicyclic) bond motifs is 1. The number of aryl methyl sites for hydroxylation is 2. The van der Waals surface area contributed by atoms with E-state index in [1.54, 1.807) is 11.6 Å². The summed E-state index contributed by atoms with van der Waals surface area (Å²) in [7, 11) is 1.72. The van der Waals surface area contributed by atoms with Crippen LogP contribution in [-0.4, -0.2) is 21.6 Å². The van der Waals surface area contributed by atoms with Crippen LogP contribution in [-0.2, 0) is 24.8 Å². The summed E-state index contributed by atoms with van der Waals surface area (Å²) in [5.41, 5.74) is 2.77. The molecule has 0 fully saturated rings. The first kappa shape index (κ1) is 17.0. The third kappa shape index (κ3) is 3.99. The number of rotatable bonds is 7. The molecule has 1 heterocycles. The molecule has 1 amide bonds. The molecule has 0 unspecified atom stereocenters. The van der Waals surface area contributed by atoms with Crippen LogP contribution in [0, 0.1) is 0 Å². The molecular formula is C20H23N3O2. The fourth-order valence-electron chi connectivity index (χ4n) is 3.04. The number of amides is 1. The number of para-hydroxylation sites is 2. The highest BCUT2D eigenvalue weighted by Crippen LogP contribution is 2.11. The van der Waals surface area contributed by atoms with Crippen LogP contribution in [0.2, 0.25) is 0 Å². The van der Waals surface area contributed by atoms with Gasteiger partial charge in [-0.3, -0.25) is 13.9 Å². The summed E-state index contributed by atoms with van der Waals surface area (Å²) in [6.07, 6.45) is 2.96. The quantitative estimate of drug-likeness (QED) is 0.674. The van der Waals surface area contributed by atoms with E-state index in [0.717, 1.165) is 30.3 Å². The lowest BCUT2D eigenvalue weighted by Crippen LogP contribution is -2.33. The van der Waals surface area contributed by atoms with E-state index in [0.29, 0.717) is 6.54 Å². The molecule has 0 saturated heterocycles. The zero-order valence-electron chi connectivity index (χ0n) is 14.4. The molecule has 3 rings (SSSR count). The number of benzene rings is 2. The number of nitrogens with zero attached hydrogens (tertiary/aromatic N) is 2. The van der Waals surface area contributed by atoms with Crippen molar-refractivity contribution in [3.8, 4) is 0 Å². The fraction of sp³-hybridized carbons (Fsp3) is 0.300. The lowest BCUT2D eigenvalue weighted by Gasteiger charge is -2.06. The number of carbonyl (C=O) groups excluding carboxylic acids is 1. The Balaban J connectivity index is 1.50. The average Bonchev–Trinajstić information content (AvgIpc) is 2.88. The molecule has 0 atom stereocenters. The van der Waals surface area contributed by atoms with E-state index in [2.05, 4.69) is 17.4 Å². The Morgan fingerprint density at radius 1 is 0.960 bits per heavy atom. The minimum Gasteiger partial charge on any atom is -0.355 e. The van der Waals surface area contributed by atoms with E-state index in [-0.39, 0.29) is 18.1 Å². The van der Waals surface area contributed by atoms with Crippen molar-refractivity contribution in [2.75, 3.05) is 6.54 Å². The maximum Gasteiger partial charge on any atom is 0.329 e. The minimum absolute atomic E-state index is 0.0544. The summed E-state index contributed by atoms with van der Waals surface area (Å²) >= 11 is 0. The maximum atomic E-state index is 12.3. The van der Waals surface area contributed by atoms with E-state index in [1.807, 2.05) is 42.5 Å². The van der Waals surface area contributed by atoms with Gasteiger partial charge in [-0.2, -0.15) is 0 Å². The molecule has 1 N–H and O–H groups in total. The number of nitrogens with one attached hydrogen (secondary N) is 1. The molecule has 0 saturated carbocycles. The van der Waals surface area contributed by atoms with Crippen LogP contribution in [0.1, 0.15) is 18.4 Å². The van der Waals surface area contributed by atoms with Gasteiger partial charge in [0.2, 0.25) is 5.91 Å². The third-order valence-corrected chi connectivity index (χ3v) is 4.41. The highest BCUT2D eigenvalue weighted by molar-refractivity contribution is 5.80. The lowest BCUT2D eigenvalue weighted by atomic mass is 10.1. The van der Waals surface area contributed by atoms with Gasteiger partial charge in [0.25, 0.3) is 0 Å². The number of carbonyl (C=O) groups is 1. The smallest absolute Gasteiger partial charge is 0.329 e. The first-order valence-corrected chi connectivity index (χ1v) is 8.61. The van der Waals surface area contributed by atoms with Crippen molar-refractivity contribution >= 4 is 16.9 Å². The van der Waals surface area contributed by atoms with Gasteiger partial charge >= 0.3 is 5.69 Å². The summed E-state index contributed by atoms with van der Waals surface area (Å²) in [5.74, 6) is -0.127. The van der Waals surface area contributed by atoms with Crippen molar-refractivity contribution in [3.05, 3.63) is 70.6 Å². The minimum atomic E-state index is -0.166. The largest absolute Gasteiger partial charge is 0.355 e. The SMILES string of the molecule is Cn1c(=O)n(CC(=O)NCCCCc2ccccc2)c2ccccc21. The number of unbranched alkanes of at least 4 members (excludes halogenated alkanes) is 1. The van der Waals surface area contributed by atoms with Crippen molar-refractivity contribution in [1.29, 1.82) is 0 Å². The summed E-state index contributed by atoms with van der Waals surface area (Å²) in [4.78, 5) is 24.5. The molecule has 3 aromatic rings. The topological polar surface area (TPSA) is 56.0 Å². The summed E-state index contributed by atoms with van der Waals surface area (Å²) in [5, 5.41) is 2.91. The monoisotopic (exact) mass is 337 g/mol. The lowest BCUT2D eigenvalue weighted by molar-refractivity contribution is -0.121. The molecule has 0 aliphatic carbocycles. The van der Waals surface area contributed by atoms with Crippen LogP contribution in [0.3, 0.4) is 0 Å². The Kier molecular flexibility index (Phi) is 5.33. The second kappa shape index (κ2) is 7.83. The molecule has 1 aromatic heterocycles. The maximum absolute atomic E-state index is 12.3. The van der Waals surface area contributed by atoms with Crippen LogP contribution in [0.5, 0.6) is 0 Å². The molecule has 0 aliphatic rings. The predicted octanol–water partition coefficient (Wildman–Crippen LogP) is 2.48. The van der Waals surface area contributed by atoms with Crippen molar-refractivity contribution in [3.63, 3.8) is 0 Å². The molecule has 0 bridgehead atoms. The van der Waals surface area contributed by atoms with Gasteiger partial charge in [0.15, 0.2) is 0 Å². The van der Waals surface area contributed by atoms with Gasteiger partial charge in [-0.25, -0.2) is 4.79 Å². The van der Waals surface area contributed by atoms with Crippen LogP contribution >= 0.6 is 0 Å². The number of aromatic nitrogens is 2. The fourth-order valence-corrected chi connectivity index (χ4v) is 3.04. The summed E-state index contributed by atoms with van der Waals surface area (Å²) in [6, 6.07) is 17.8. The number of hydrogen-bond donors (Lipinski definition) is 1. The Hall–Kier alpha value is -2.82. The molecule has 2 aromatic carbocycles. The summed E-state index contributed by atoms with van der Waals surface area (Å²) < 4.78 is 3.09. The van der Waals surface area contributed by atoms with Crippen molar-refractivity contribution in [2.45, 2.75) is 25.8 Å². The Labute approximate surface area is 146 Å². The zero-order valence-corrected chi connectivity index (χ0v) is 14.4. The van der Waals surface area contributed by atoms with Crippen molar-refractivity contribution < 1.29 is 4.79 Å². The third-order valence-electron chi connectivity index (χ3n) is 4.41. The highest BCUT2D eigenvalue weighted by Gasteiger charge is 2.12. The van der Waals surface area contributed by atoms with Gasteiger partial charge in [0.1, 0.15) is 6.54 Å². The van der Waals surface area contributed by atoms with Crippen molar-refractivity contribution in [1.82, 2.24) is 14.5 Å². The molecule has 25 heavy (non-hydrogen) atoms. The van der Waals surface area contributed by atoms with Gasteiger partial charge in [0, 0.05) is 13.6 Å². The molecule has 0 spiro atoms. The van der Waals surface area contributed by atoms with E-state index < -0.39 is 0 Å². The molecule has 5 heteroatoms.